The Balaban J connectivity index is 4.00. The van der Waals surface area contributed by atoms with Gasteiger partial charge < -0.3 is 15.8 Å². The first-order chi connectivity index (χ1) is 6.41. The van der Waals surface area contributed by atoms with E-state index in [-0.39, 0.29) is 13.0 Å². The summed E-state index contributed by atoms with van der Waals surface area (Å²) in [5.41, 5.74) is 4.87. The highest BCUT2D eigenvalue weighted by Crippen LogP contribution is 2.19. The fourth-order valence-electron chi connectivity index (χ4n) is 0.736. The predicted octanol–water partition coefficient (Wildman–Crippen LogP) is 0.0287. The SMILES string of the molecule is COCCC(=O)NC(CN)C(F)(F)F. The molecule has 1 unspecified atom stereocenters. The van der Waals surface area contributed by atoms with Gasteiger partial charge in [-0.05, 0) is 0 Å². The third kappa shape index (κ3) is 5.03. The summed E-state index contributed by atoms with van der Waals surface area (Å²) in [4.78, 5) is 10.9. The van der Waals surface area contributed by atoms with E-state index >= 15 is 0 Å². The highest BCUT2D eigenvalue weighted by atomic mass is 19.4. The Morgan fingerprint density at radius 3 is 2.50 bits per heavy atom. The van der Waals surface area contributed by atoms with Gasteiger partial charge in [-0.2, -0.15) is 13.2 Å². The number of nitrogens with one attached hydrogen (secondary N) is 1. The van der Waals surface area contributed by atoms with Gasteiger partial charge in [0.2, 0.25) is 5.91 Å². The molecule has 0 aromatic heterocycles. The summed E-state index contributed by atoms with van der Waals surface area (Å²) < 4.78 is 40.8. The van der Waals surface area contributed by atoms with E-state index in [9.17, 15) is 18.0 Å². The van der Waals surface area contributed by atoms with Crippen LogP contribution in [0.2, 0.25) is 0 Å². The van der Waals surface area contributed by atoms with Crippen molar-refractivity contribution in [3.8, 4) is 0 Å². The topological polar surface area (TPSA) is 64.3 Å². The molecule has 84 valence electrons. The summed E-state index contributed by atoms with van der Waals surface area (Å²) in [6, 6.07) is -1.98. The van der Waals surface area contributed by atoms with Crippen molar-refractivity contribution < 1.29 is 22.7 Å². The average molecular weight is 214 g/mol. The first kappa shape index (κ1) is 13.2. The molecule has 0 aliphatic carbocycles. The highest BCUT2D eigenvalue weighted by Gasteiger charge is 2.39. The van der Waals surface area contributed by atoms with Crippen LogP contribution >= 0.6 is 0 Å². The molecule has 0 aromatic carbocycles. The Kier molecular flexibility index (Phi) is 5.47. The smallest absolute Gasteiger partial charge is 0.384 e. The summed E-state index contributed by atoms with van der Waals surface area (Å²) in [5.74, 6) is -0.723. The van der Waals surface area contributed by atoms with Crippen LogP contribution in [0.1, 0.15) is 6.42 Å². The van der Waals surface area contributed by atoms with Gasteiger partial charge >= 0.3 is 6.18 Å². The van der Waals surface area contributed by atoms with E-state index in [1.54, 1.807) is 5.32 Å². The second kappa shape index (κ2) is 5.82. The van der Waals surface area contributed by atoms with Crippen LogP contribution in [0.15, 0.2) is 0 Å². The number of hydrogen-bond donors (Lipinski definition) is 2. The Bertz CT molecular complexity index is 184. The van der Waals surface area contributed by atoms with Crippen LogP contribution in [0.25, 0.3) is 0 Å². The number of hydrogen-bond acceptors (Lipinski definition) is 3. The fourth-order valence-corrected chi connectivity index (χ4v) is 0.736. The van der Waals surface area contributed by atoms with Gasteiger partial charge in [0.1, 0.15) is 6.04 Å². The van der Waals surface area contributed by atoms with E-state index in [0.29, 0.717) is 0 Å². The lowest BCUT2D eigenvalue weighted by Crippen LogP contribution is -2.50. The lowest BCUT2D eigenvalue weighted by atomic mass is 10.2. The Morgan fingerprint density at radius 1 is 1.57 bits per heavy atom. The largest absolute Gasteiger partial charge is 0.409 e. The van der Waals surface area contributed by atoms with Gasteiger partial charge in [0.25, 0.3) is 0 Å². The molecule has 0 bridgehead atoms. The summed E-state index contributed by atoms with van der Waals surface area (Å²) in [6.07, 6.45) is -4.61. The second-order valence-electron chi connectivity index (χ2n) is 2.64. The van der Waals surface area contributed by atoms with Crippen LogP contribution in [0.5, 0.6) is 0 Å². The third-order valence-electron chi connectivity index (χ3n) is 1.50. The fraction of sp³-hybridized carbons (Fsp3) is 0.857. The minimum Gasteiger partial charge on any atom is -0.384 e. The van der Waals surface area contributed by atoms with Crippen LogP contribution in [0.3, 0.4) is 0 Å². The first-order valence-electron chi connectivity index (χ1n) is 3.97. The number of methoxy groups -OCH3 is 1. The number of ether oxygens (including phenoxy) is 1. The number of nitrogens with two attached hydrogens (primary N) is 1. The van der Waals surface area contributed by atoms with Crippen LogP contribution in [0.4, 0.5) is 13.2 Å². The predicted molar refractivity (Wildman–Crippen MR) is 43.5 cm³/mol. The van der Waals surface area contributed by atoms with Crippen molar-refractivity contribution >= 4 is 5.91 Å². The van der Waals surface area contributed by atoms with Gasteiger partial charge in [0, 0.05) is 20.1 Å². The lowest BCUT2D eigenvalue weighted by Gasteiger charge is -2.19. The van der Waals surface area contributed by atoms with E-state index in [2.05, 4.69) is 4.74 Å². The van der Waals surface area contributed by atoms with Crippen molar-refractivity contribution in [3.05, 3.63) is 0 Å². The van der Waals surface area contributed by atoms with E-state index in [1.807, 2.05) is 0 Å². The maximum Gasteiger partial charge on any atom is 0.409 e. The molecule has 0 aliphatic heterocycles. The molecule has 0 fully saturated rings. The molecule has 4 nitrogen and oxygen atoms in total. The molecule has 0 saturated carbocycles. The maximum absolute atomic E-state index is 12.1. The Morgan fingerprint density at radius 2 is 2.14 bits per heavy atom. The number of halogens is 3. The quantitative estimate of drug-likeness (QED) is 0.678. The van der Waals surface area contributed by atoms with E-state index in [0.717, 1.165) is 0 Å². The molecule has 0 heterocycles. The summed E-state index contributed by atoms with van der Waals surface area (Å²) in [6.45, 7) is -0.580. The molecular weight excluding hydrogens is 201 g/mol. The molecular formula is C7H13F3N2O2. The van der Waals surface area contributed by atoms with E-state index < -0.39 is 24.7 Å². The molecule has 0 aliphatic rings. The lowest BCUT2D eigenvalue weighted by molar-refractivity contribution is -0.159. The zero-order chi connectivity index (χ0) is 11.2. The third-order valence-corrected chi connectivity index (χ3v) is 1.50. The molecule has 1 atom stereocenters. The van der Waals surface area contributed by atoms with Gasteiger partial charge in [0.05, 0.1) is 6.61 Å². The summed E-state index contributed by atoms with van der Waals surface area (Å²) >= 11 is 0. The van der Waals surface area contributed by atoms with Gasteiger partial charge in [0.15, 0.2) is 0 Å². The number of rotatable bonds is 5. The van der Waals surface area contributed by atoms with Crippen LogP contribution in [0, 0.1) is 0 Å². The number of amides is 1. The zero-order valence-electron chi connectivity index (χ0n) is 7.73. The van der Waals surface area contributed by atoms with Crippen LogP contribution in [-0.2, 0) is 9.53 Å². The molecule has 0 spiro atoms. The van der Waals surface area contributed by atoms with E-state index in [4.69, 9.17) is 5.73 Å². The van der Waals surface area contributed by atoms with Crippen molar-refractivity contribution in [2.75, 3.05) is 20.3 Å². The molecule has 14 heavy (non-hydrogen) atoms. The number of carbonyl (C=O) groups is 1. The molecule has 0 saturated heterocycles. The average Bonchev–Trinajstić information content (AvgIpc) is 2.08. The number of carbonyl (C=O) groups excluding carboxylic acids is 1. The van der Waals surface area contributed by atoms with Crippen molar-refractivity contribution in [2.45, 2.75) is 18.6 Å². The van der Waals surface area contributed by atoms with Gasteiger partial charge in [-0.15, -0.1) is 0 Å². The molecule has 7 heteroatoms. The number of alkyl halides is 3. The second-order valence-corrected chi connectivity index (χ2v) is 2.64. The van der Waals surface area contributed by atoms with Crippen molar-refractivity contribution in [1.82, 2.24) is 5.32 Å². The summed E-state index contributed by atoms with van der Waals surface area (Å²) in [5, 5.41) is 1.77. The van der Waals surface area contributed by atoms with E-state index in [1.165, 1.54) is 7.11 Å². The minimum absolute atomic E-state index is 0.0843. The maximum atomic E-state index is 12.1. The minimum atomic E-state index is -4.50. The molecule has 3 N–H and O–H groups in total. The molecule has 0 aromatic rings. The van der Waals surface area contributed by atoms with Gasteiger partial charge in [-0.1, -0.05) is 0 Å². The summed E-state index contributed by atoms with van der Waals surface area (Å²) in [7, 11) is 1.36. The van der Waals surface area contributed by atoms with Gasteiger partial charge in [-0.3, -0.25) is 4.79 Å². The van der Waals surface area contributed by atoms with Gasteiger partial charge in [-0.25, -0.2) is 0 Å². The van der Waals surface area contributed by atoms with Crippen molar-refractivity contribution in [3.63, 3.8) is 0 Å². The molecule has 0 radical (unpaired) electrons. The molecule has 1 amide bonds. The monoisotopic (exact) mass is 214 g/mol. The Hall–Kier alpha value is -0.820. The van der Waals surface area contributed by atoms with Crippen molar-refractivity contribution in [1.29, 1.82) is 0 Å². The van der Waals surface area contributed by atoms with Crippen LogP contribution in [-0.4, -0.2) is 38.4 Å². The molecule has 0 rings (SSSR count). The zero-order valence-corrected chi connectivity index (χ0v) is 7.73. The van der Waals surface area contributed by atoms with Crippen LogP contribution < -0.4 is 11.1 Å². The van der Waals surface area contributed by atoms with Crippen molar-refractivity contribution in [2.24, 2.45) is 5.73 Å². The normalized spacial score (nSPS) is 13.8. The first-order valence-corrected chi connectivity index (χ1v) is 3.97. The standard InChI is InChI=1S/C7H13F3N2O2/c1-14-3-2-6(13)12-5(4-11)7(8,9)10/h5H,2-4,11H2,1H3,(H,12,13). The highest BCUT2D eigenvalue weighted by molar-refractivity contribution is 5.76. The Labute approximate surface area is 79.6 Å².